The van der Waals surface area contributed by atoms with Crippen molar-refractivity contribution >= 4 is 5.97 Å². The zero-order chi connectivity index (χ0) is 12.9. The van der Waals surface area contributed by atoms with Crippen LogP contribution in [0.15, 0.2) is 36.9 Å². The summed E-state index contributed by atoms with van der Waals surface area (Å²) in [5.41, 5.74) is 2.23. The van der Waals surface area contributed by atoms with Crippen molar-refractivity contribution in [3.63, 3.8) is 0 Å². The minimum absolute atomic E-state index is 0.176. The van der Waals surface area contributed by atoms with E-state index in [4.69, 9.17) is 0 Å². The lowest BCUT2D eigenvalue weighted by Crippen LogP contribution is -2.20. The molecule has 2 heteroatoms. The van der Waals surface area contributed by atoms with E-state index < -0.39 is 0 Å². The standard InChI is InChI=1S/C15H20O2/c1-5-15(3,11-10-14(16)17-4)13-8-6-12(2)7-9-13/h5-9H,1,10-11H2,2-4H3. The van der Waals surface area contributed by atoms with Crippen molar-refractivity contribution in [1.29, 1.82) is 0 Å². The lowest BCUT2D eigenvalue weighted by Gasteiger charge is -2.26. The molecule has 0 fully saturated rings. The molecule has 1 rings (SSSR count). The van der Waals surface area contributed by atoms with Gasteiger partial charge in [0.2, 0.25) is 0 Å². The first-order valence-electron chi connectivity index (χ1n) is 5.79. The van der Waals surface area contributed by atoms with Gasteiger partial charge in [0.25, 0.3) is 0 Å². The van der Waals surface area contributed by atoms with Gasteiger partial charge < -0.3 is 4.74 Å². The van der Waals surface area contributed by atoms with E-state index in [-0.39, 0.29) is 11.4 Å². The van der Waals surface area contributed by atoms with Gasteiger partial charge in [-0.1, -0.05) is 42.8 Å². The average molecular weight is 232 g/mol. The normalized spacial score (nSPS) is 13.8. The molecule has 2 nitrogen and oxygen atoms in total. The van der Waals surface area contributed by atoms with E-state index in [0.717, 1.165) is 0 Å². The molecule has 0 saturated carbocycles. The maximum absolute atomic E-state index is 11.2. The number of ether oxygens (including phenoxy) is 1. The summed E-state index contributed by atoms with van der Waals surface area (Å²) in [5.74, 6) is -0.176. The van der Waals surface area contributed by atoms with Crippen LogP contribution < -0.4 is 0 Å². The minimum Gasteiger partial charge on any atom is -0.469 e. The second-order valence-electron chi connectivity index (χ2n) is 4.56. The molecule has 0 aliphatic carbocycles. The first-order chi connectivity index (χ1) is 8.01. The third kappa shape index (κ3) is 3.45. The molecule has 0 N–H and O–H groups in total. The summed E-state index contributed by atoms with van der Waals surface area (Å²) in [6.07, 6.45) is 3.03. The molecule has 0 bridgehead atoms. The maximum atomic E-state index is 11.2. The summed E-state index contributed by atoms with van der Waals surface area (Å²) in [7, 11) is 1.42. The summed E-state index contributed by atoms with van der Waals surface area (Å²) in [5, 5.41) is 0. The van der Waals surface area contributed by atoms with E-state index >= 15 is 0 Å². The molecule has 0 heterocycles. The third-order valence-corrected chi connectivity index (χ3v) is 3.24. The summed E-state index contributed by atoms with van der Waals surface area (Å²) in [4.78, 5) is 11.2. The van der Waals surface area contributed by atoms with Crippen LogP contribution in [0.4, 0.5) is 0 Å². The lowest BCUT2D eigenvalue weighted by atomic mass is 9.78. The first-order valence-corrected chi connectivity index (χ1v) is 5.79. The van der Waals surface area contributed by atoms with Crippen molar-refractivity contribution in [3.05, 3.63) is 48.0 Å². The van der Waals surface area contributed by atoms with E-state index in [9.17, 15) is 4.79 Å². The van der Waals surface area contributed by atoms with E-state index in [2.05, 4.69) is 49.4 Å². The van der Waals surface area contributed by atoms with E-state index in [1.165, 1.54) is 18.2 Å². The van der Waals surface area contributed by atoms with Gasteiger partial charge in [0.15, 0.2) is 0 Å². The number of methoxy groups -OCH3 is 1. The number of carbonyl (C=O) groups is 1. The Labute approximate surface area is 103 Å². The monoisotopic (exact) mass is 232 g/mol. The number of allylic oxidation sites excluding steroid dienone is 1. The van der Waals surface area contributed by atoms with Gasteiger partial charge >= 0.3 is 5.97 Å². The molecule has 0 amide bonds. The van der Waals surface area contributed by atoms with Crippen LogP contribution in [0.2, 0.25) is 0 Å². The van der Waals surface area contributed by atoms with Gasteiger partial charge in [-0.3, -0.25) is 4.79 Å². The fourth-order valence-electron chi connectivity index (χ4n) is 1.76. The predicted molar refractivity (Wildman–Crippen MR) is 70.0 cm³/mol. The summed E-state index contributed by atoms with van der Waals surface area (Å²) < 4.78 is 4.67. The van der Waals surface area contributed by atoms with Crippen molar-refractivity contribution < 1.29 is 9.53 Å². The van der Waals surface area contributed by atoms with Gasteiger partial charge in [0.05, 0.1) is 7.11 Å². The van der Waals surface area contributed by atoms with Crippen LogP contribution in [0.1, 0.15) is 30.9 Å². The Balaban J connectivity index is 2.84. The van der Waals surface area contributed by atoms with Gasteiger partial charge in [-0.15, -0.1) is 6.58 Å². The SMILES string of the molecule is C=CC(C)(CCC(=O)OC)c1ccc(C)cc1. The Morgan fingerprint density at radius 2 is 2.00 bits per heavy atom. The highest BCUT2D eigenvalue weighted by atomic mass is 16.5. The lowest BCUT2D eigenvalue weighted by molar-refractivity contribution is -0.140. The van der Waals surface area contributed by atoms with Crippen LogP contribution in [0, 0.1) is 6.92 Å². The number of benzene rings is 1. The number of hydrogen-bond acceptors (Lipinski definition) is 2. The highest BCUT2D eigenvalue weighted by Crippen LogP contribution is 2.30. The van der Waals surface area contributed by atoms with E-state index in [0.29, 0.717) is 12.8 Å². The molecular formula is C15H20O2. The fourth-order valence-corrected chi connectivity index (χ4v) is 1.76. The van der Waals surface area contributed by atoms with E-state index in [1.54, 1.807) is 0 Å². The van der Waals surface area contributed by atoms with Crippen LogP contribution >= 0.6 is 0 Å². The highest BCUT2D eigenvalue weighted by Gasteiger charge is 2.23. The topological polar surface area (TPSA) is 26.3 Å². The molecule has 1 atom stereocenters. The molecule has 0 spiro atoms. The highest BCUT2D eigenvalue weighted by molar-refractivity contribution is 5.69. The second kappa shape index (κ2) is 5.67. The molecular weight excluding hydrogens is 212 g/mol. The number of carbonyl (C=O) groups excluding carboxylic acids is 1. The molecule has 92 valence electrons. The summed E-state index contributed by atoms with van der Waals surface area (Å²) in [6.45, 7) is 8.03. The molecule has 0 radical (unpaired) electrons. The molecule has 0 saturated heterocycles. The maximum Gasteiger partial charge on any atom is 0.305 e. The van der Waals surface area contributed by atoms with Crippen molar-refractivity contribution in [2.24, 2.45) is 0 Å². The molecule has 17 heavy (non-hydrogen) atoms. The molecule has 1 aromatic carbocycles. The molecule has 0 aliphatic heterocycles. The largest absolute Gasteiger partial charge is 0.469 e. The quantitative estimate of drug-likeness (QED) is 0.574. The minimum atomic E-state index is -0.179. The molecule has 1 unspecified atom stereocenters. The summed E-state index contributed by atoms with van der Waals surface area (Å²) in [6, 6.07) is 8.34. The van der Waals surface area contributed by atoms with Gasteiger partial charge in [-0.2, -0.15) is 0 Å². The Morgan fingerprint density at radius 3 is 2.47 bits per heavy atom. The number of rotatable bonds is 5. The Morgan fingerprint density at radius 1 is 1.41 bits per heavy atom. The summed E-state index contributed by atoms with van der Waals surface area (Å²) >= 11 is 0. The molecule has 0 aromatic heterocycles. The predicted octanol–water partition coefficient (Wildman–Crippen LogP) is 3.39. The van der Waals surface area contributed by atoms with Gasteiger partial charge in [-0.25, -0.2) is 0 Å². The zero-order valence-corrected chi connectivity index (χ0v) is 10.8. The van der Waals surface area contributed by atoms with Gasteiger partial charge in [0, 0.05) is 11.8 Å². The zero-order valence-electron chi connectivity index (χ0n) is 10.8. The van der Waals surface area contributed by atoms with Crippen LogP contribution in [-0.4, -0.2) is 13.1 Å². The number of hydrogen-bond donors (Lipinski definition) is 0. The molecule has 1 aromatic rings. The van der Waals surface area contributed by atoms with Crippen molar-refractivity contribution in [3.8, 4) is 0 Å². The second-order valence-corrected chi connectivity index (χ2v) is 4.56. The Kier molecular flexibility index (Phi) is 4.50. The third-order valence-electron chi connectivity index (χ3n) is 3.24. The van der Waals surface area contributed by atoms with Crippen LogP contribution in [-0.2, 0) is 14.9 Å². The van der Waals surface area contributed by atoms with Crippen LogP contribution in [0.5, 0.6) is 0 Å². The smallest absolute Gasteiger partial charge is 0.305 e. The van der Waals surface area contributed by atoms with Crippen LogP contribution in [0.25, 0.3) is 0 Å². The fraction of sp³-hybridized carbons (Fsp3) is 0.400. The Hall–Kier alpha value is -1.57. The van der Waals surface area contributed by atoms with Crippen molar-refractivity contribution in [2.75, 3.05) is 7.11 Å². The van der Waals surface area contributed by atoms with Crippen molar-refractivity contribution in [2.45, 2.75) is 32.1 Å². The van der Waals surface area contributed by atoms with Gasteiger partial charge in [-0.05, 0) is 18.9 Å². The molecule has 0 aliphatic rings. The van der Waals surface area contributed by atoms with Gasteiger partial charge in [0.1, 0.15) is 0 Å². The van der Waals surface area contributed by atoms with E-state index in [1.807, 2.05) is 6.08 Å². The first kappa shape index (κ1) is 13.5. The number of esters is 1. The van der Waals surface area contributed by atoms with Crippen molar-refractivity contribution in [1.82, 2.24) is 0 Å². The number of aryl methyl sites for hydroxylation is 1. The average Bonchev–Trinajstić information content (AvgIpc) is 2.36. The van der Waals surface area contributed by atoms with Crippen LogP contribution in [0.3, 0.4) is 0 Å². The Bertz CT molecular complexity index is 392.